The predicted octanol–water partition coefficient (Wildman–Crippen LogP) is 3.72. The minimum Gasteiger partial charge on any atom is -0.494 e. The van der Waals surface area contributed by atoms with Crippen molar-refractivity contribution in [3.05, 3.63) is 65.7 Å². The van der Waals surface area contributed by atoms with Crippen molar-refractivity contribution >= 4 is 0 Å². The quantitative estimate of drug-likeness (QED) is 0.854. The molecule has 2 N–H and O–H groups in total. The lowest BCUT2D eigenvalue weighted by atomic mass is 9.99. The Kier molecular flexibility index (Phi) is 4.99. The first kappa shape index (κ1) is 13.6. The highest BCUT2D eigenvalue weighted by Gasteiger charge is 2.11. The lowest BCUT2D eigenvalue weighted by Gasteiger charge is -2.16. The van der Waals surface area contributed by atoms with Crippen molar-refractivity contribution < 1.29 is 4.74 Å². The topological polar surface area (TPSA) is 35.2 Å². The van der Waals surface area contributed by atoms with Gasteiger partial charge in [-0.1, -0.05) is 48.5 Å². The van der Waals surface area contributed by atoms with Crippen molar-refractivity contribution in [3.63, 3.8) is 0 Å². The van der Waals surface area contributed by atoms with E-state index in [1.165, 1.54) is 5.56 Å². The molecule has 2 heteroatoms. The highest BCUT2D eigenvalue weighted by atomic mass is 16.5. The molecule has 100 valence electrons. The Hall–Kier alpha value is -1.80. The van der Waals surface area contributed by atoms with Crippen molar-refractivity contribution in [2.24, 2.45) is 5.73 Å². The third kappa shape index (κ3) is 3.83. The number of para-hydroxylation sites is 1. The fraction of sp³-hybridized carbons (Fsp3) is 0.294. The van der Waals surface area contributed by atoms with Gasteiger partial charge in [0, 0.05) is 11.6 Å². The predicted molar refractivity (Wildman–Crippen MR) is 79.3 cm³/mol. The van der Waals surface area contributed by atoms with Gasteiger partial charge in [-0.25, -0.2) is 0 Å². The van der Waals surface area contributed by atoms with E-state index in [1.54, 1.807) is 0 Å². The maximum Gasteiger partial charge on any atom is 0.124 e. The summed E-state index contributed by atoms with van der Waals surface area (Å²) < 4.78 is 5.63. The molecule has 2 aromatic rings. The van der Waals surface area contributed by atoms with Crippen LogP contribution >= 0.6 is 0 Å². The molecule has 0 saturated heterocycles. The summed E-state index contributed by atoms with van der Waals surface area (Å²) in [6, 6.07) is 18.5. The molecule has 19 heavy (non-hydrogen) atoms. The Bertz CT molecular complexity index is 496. The molecule has 2 aromatic carbocycles. The first-order valence-electron chi connectivity index (χ1n) is 6.82. The van der Waals surface area contributed by atoms with Crippen LogP contribution in [0.25, 0.3) is 0 Å². The Labute approximate surface area is 115 Å². The summed E-state index contributed by atoms with van der Waals surface area (Å²) in [6.45, 7) is 2.66. The molecule has 2 rings (SSSR count). The van der Waals surface area contributed by atoms with Gasteiger partial charge in [0.2, 0.25) is 0 Å². The van der Waals surface area contributed by atoms with Crippen LogP contribution in [0.2, 0.25) is 0 Å². The van der Waals surface area contributed by atoms with Crippen LogP contribution in [0.4, 0.5) is 0 Å². The first-order chi connectivity index (χ1) is 9.31. The molecule has 0 saturated carbocycles. The summed E-state index contributed by atoms with van der Waals surface area (Å²) in [5.41, 5.74) is 8.72. The second-order valence-corrected chi connectivity index (χ2v) is 4.60. The molecule has 2 nitrogen and oxygen atoms in total. The van der Waals surface area contributed by atoms with E-state index in [0.717, 1.165) is 24.2 Å². The number of rotatable bonds is 6. The van der Waals surface area contributed by atoms with E-state index < -0.39 is 0 Å². The van der Waals surface area contributed by atoms with Gasteiger partial charge in [0.1, 0.15) is 5.75 Å². The number of hydrogen-bond donors (Lipinski definition) is 1. The van der Waals surface area contributed by atoms with E-state index >= 15 is 0 Å². The van der Waals surface area contributed by atoms with Crippen LogP contribution in [-0.2, 0) is 6.42 Å². The summed E-state index contributed by atoms with van der Waals surface area (Å²) in [4.78, 5) is 0. The zero-order valence-electron chi connectivity index (χ0n) is 11.4. The maximum absolute atomic E-state index is 6.29. The summed E-state index contributed by atoms with van der Waals surface area (Å²) in [7, 11) is 0. The van der Waals surface area contributed by atoms with Crippen LogP contribution in [0.5, 0.6) is 5.75 Å². The normalized spacial score (nSPS) is 12.1. The molecule has 0 aromatic heterocycles. The molecule has 1 unspecified atom stereocenters. The lowest BCUT2D eigenvalue weighted by Crippen LogP contribution is -2.13. The zero-order chi connectivity index (χ0) is 13.5. The summed E-state index contributed by atoms with van der Waals surface area (Å²) in [5, 5.41) is 0. The van der Waals surface area contributed by atoms with Crippen LogP contribution in [0, 0.1) is 0 Å². The fourth-order valence-corrected chi connectivity index (χ4v) is 2.20. The fourth-order valence-electron chi connectivity index (χ4n) is 2.20. The molecular formula is C17H21NO. The smallest absolute Gasteiger partial charge is 0.124 e. The Balaban J connectivity index is 2.01. The first-order valence-corrected chi connectivity index (χ1v) is 6.82. The SMILES string of the molecule is CCOc1ccccc1C(N)CCc1ccccc1. The van der Waals surface area contributed by atoms with Gasteiger partial charge in [0.15, 0.2) is 0 Å². The van der Waals surface area contributed by atoms with Gasteiger partial charge in [0.05, 0.1) is 6.61 Å². The Morgan fingerprint density at radius 1 is 1.00 bits per heavy atom. The highest BCUT2D eigenvalue weighted by Crippen LogP contribution is 2.26. The summed E-state index contributed by atoms with van der Waals surface area (Å²) in [5.74, 6) is 0.908. The largest absolute Gasteiger partial charge is 0.494 e. The Morgan fingerprint density at radius 2 is 1.68 bits per heavy atom. The average molecular weight is 255 g/mol. The van der Waals surface area contributed by atoms with Crippen molar-refractivity contribution in [2.75, 3.05) is 6.61 Å². The van der Waals surface area contributed by atoms with E-state index in [9.17, 15) is 0 Å². The average Bonchev–Trinajstić information content (AvgIpc) is 2.47. The molecule has 0 aliphatic carbocycles. The molecule has 1 atom stereocenters. The van der Waals surface area contributed by atoms with Crippen LogP contribution in [0.15, 0.2) is 54.6 Å². The van der Waals surface area contributed by atoms with Crippen molar-refractivity contribution in [1.82, 2.24) is 0 Å². The standard InChI is InChI=1S/C17H21NO/c1-2-19-17-11-7-6-10-15(17)16(18)13-12-14-8-4-3-5-9-14/h3-11,16H,2,12-13,18H2,1H3. The van der Waals surface area contributed by atoms with Gasteiger partial charge in [-0.3, -0.25) is 0 Å². The van der Waals surface area contributed by atoms with E-state index in [4.69, 9.17) is 10.5 Å². The van der Waals surface area contributed by atoms with Crippen LogP contribution < -0.4 is 10.5 Å². The zero-order valence-corrected chi connectivity index (χ0v) is 11.4. The summed E-state index contributed by atoms with van der Waals surface area (Å²) >= 11 is 0. The van der Waals surface area contributed by atoms with Crippen molar-refractivity contribution in [3.8, 4) is 5.75 Å². The molecule has 0 spiro atoms. The van der Waals surface area contributed by atoms with Gasteiger partial charge >= 0.3 is 0 Å². The van der Waals surface area contributed by atoms with E-state index in [-0.39, 0.29) is 6.04 Å². The Morgan fingerprint density at radius 3 is 2.42 bits per heavy atom. The number of nitrogens with two attached hydrogens (primary N) is 1. The minimum absolute atomic E-state index is 0.0166. The third-order valence-corrected chi connectivity index (χ3v) is 3.21. The summed E-state index contributed by atoms with van der Waals surface area (Å²) in [6.07, 6.45) is 1.91. The molecule has 0 heterocycles. The maximum atomic E-state index is 6.29. The van der Waals surface area contributed by atoms with Gasteiger partial charge in [-0.2, -0.15) is 0 Å². The van der Waals surface area contributed by atoms with Crippen LogP contribution in [0.3, 0.4) is 0 Å². The molecule has 0 aliphatic heterocycles. The lowest BCUT2D eigenvalue weighted by molar-refractivity contribution is 0.333. The van der Waals surface area contributed by atoms with Crippen LogP contribution in [0.1, 0.15) is 30.5 Å². The van der Waals surface area contributed by atoms with Crippen molar-refractivity contribution in [2.45, 2.75) is 25.8 Å². The minimum atomic E-state index is 0.0166. The number of benzene rings is 2. The van der Waals surface area contributed by atoms with Gasteiger partial charge in [-0.15, -0.1) is 0 Å². The molecule has 0 radical (unpaired) electrons. The molecular weight excluding hydrogens is 234 g/mol. The van der Waals surface area contributed by atoms with Gasteiger partial charge in [-0.05, 0) is 31.4 Å². The monoisotopic (exact) mass is 255 g/mol. The second kappa shape index (κ2) is 6.95. The third-order valence-electron chi connectivity index (χ3n) is 3.21. The highest BCUT2D eigenvalue weighted by molar-refractivity contribution is 5.35. The number of ether oxygens (including phenoxy) is 1. The number of hydrogen-bond acceptors (Lipinski definition) is 2. The molecule has 0 bridgehead atoms. The van der Waals surface area contributed by atoms with Crippen LogP contribution in [-0.4, -0.2) is 6.61 Å². The van der Waals surface area contributed by atoms with E-state index in [2.05, 4.69) is 30.3 Å². The van der Waals surface area contributed by atoms with E-state index in [1.807, 2.05) is 31.2 Å². The second-order valence-electron chi connectivity index (χ2n) is 4.60. The number of aryl methyl sites for hydroxylation is 1. The van der Waals surface area contributed by atoms with E-state index in [0.29, 0.717) is 6.61 Å². The molecule has 0 aliphatic rings. The van der Waals surface area contributed by atoms with Gasteiger partial charge < -0.3 is 10.5 Å². The van der Waals surface area contributed by atoms with Gasteiger partial charge in [0.25, 0.3) is 0 Å². The molecule has 0 amide bonds. The molecule has 0 fully saturated rings. The van der Waals surface area contributed by atoms with Crippen molar-refractivity contribution in [1.29, 1.82) is 0 Å².